The Hall–Kier alpha value is -2.80. The highest BCUT2D eigenvalue weighted by atomic mass is 14.9. The van der Waals surface area contributed by atoms with Gasteiger partial charge in [-0.3, -0.25) is 0 Å². The standard InChI is InChI=1S/C29H37N/c1-10-12-13-20(3)22(5)28-15-14-25(16-21(28)4)23(6)30-27-18-24(11-2)17-26(19-27)29(7,8)9/h10,12-19,30H,5-6,11H2,1-4,7-9H3/b12-10-,20-13-. The van der Waals surface area contributed by atoms with E-state index in [0.29, 0.717) is 0 Å². The van der Waals surface area contributed by atoms with E-state index in [-0.39, 0.29) is 5.41 Å². The van der Waals surface area contributed by atoms with E-state index in [2.05, 4.69) is 102 Å². The van der Waals surface area contributed by atoms with Crippen LogP contribution in [0.4, 0.5) is 5.69 Å². The van der Waals surface area contributed by atoms with Crippen LogP contribution in [0.25, 0.3) is 11.3 Å². The van der Waals surface area contributed by atoms with Gasteiger partial charge in [0.2, 0.25) is 0 Å². The van der Waals surface area contributed by atoms with E-state index in [9.17, 15) is 0 Å². The molecule has 1 nitrogen and oxygen atoms in total. The lowest BCUT2D eigenvalue weighted by atomic mass is 9.85. The zero-order chi connectivity index (χ0) is 22.5. The molecular formula is C29H37N. The number of hydrogen-bond acceptors (Lipinski definition) is 1. The summed E-state index contributed by atoms with van der Waals surface area (Å²) < 4.78 is 0. The van der Waals surface area contributed by atoms with Gasteiger partial charge in [-0.05, 0) is 89.8 Å². The largest absolute Gasteiger partial charge is 0.356 e. The van der Waals surface area contributed by atoms with Gasteiger partial charge in [-0.1, -0.05) is 77.3 Å². The Labute approximate surface area is 183 Å². The van der Waals surface area contributed by atoms with Crippen molar-refractivity contribution in [1.29, 1.82) is 0 Å². The molecule has 0 saturated heterocycles. The molecule has 1 N–H and O–H groups in total. The van der Waals surface area contributed by atoms with Crippen molar-refractivity contribution in [3.8, 4) is 0 Å². The van der Waals surface area contributed by atoms with E-state index in [1.807, 2.05) is 19.1 Å². The second kappa shape index (κ2) is 9.80. The SMILES string of the molecule is C=C(Nc1cc(CC)cc(C(C)(C)C)c1)c1ccc(C(=C)/C(C)=C\C=C/C)c(C)c1. The van der Waals surface area contributed by atoms with Gasteiger partial charge in [0.25, 0.3) is 0 Å². The predicted octanol–water partition coefficient (Wildman–Crippen LogP) is 8.47. The molecule has 0 spiro atoms. The van der Waals surface area contributed by atoms with Gasteiger partial charge in [0, 0.05) is 11.4 Å². The van der Waals surface area contributed by atoms with Crippen molar-refractivity contribution >= 4 is 17.0 Å². The fourth-order valence-corrected chi connectivity index (χ4v) is 3.39. The van der Waals surface area contributed by atoms with E-state index >= 15 is 0 Å². The van der Waals surface area contributed by atoms with Crippen LogP contribution in [-0.2, 0) is 11.8 Å². The summed E-state index contributed by atoms with van der Waals surface area (Å²) in [5.74, 6) is 0. The summed E-state index contributed by atoms with van der Waals surface area (Å²) >= 11 is 0. The molecule has 2 aromatic carbocycles. The third kappa shape index (κ3) is 5.86. The summed E-state index contributed by atoms with van der Waals surface area (Å²) in [6, 6.07) is 13.2. The molecular weight excluding hydrogens is 362 g/mol. The molecule has 0 aliphatic heterocycles. The van der Waals surface area contributed by atoms with Gasteiger partial charge < -0.3 is 5.32 Å². The Morgan fingerprint density at radius 2 is 1.77 bits per heavy atom. The van der Waals surface area contributed by atoms with Crippen LogP contribution in [0.2, 0.25) is 0 Å². The number of allylic oxidation sites excluding steroid dienone is 5. The molecule has 0 saturated carbocycles. The van der Waals surface area contributed by atoms with Crippen molar-refractivity contribution in [3.63, 3.8) is 0 Å². The number of hydrogen-bond donors (Lipinski definition) is 1. The third-order valence-electron chi connectivity index (χ3n) is 5.48. The Bertz CT molecular complexity index is 994. The van der Waals surface area contributed by atoms with Crippen LogP contribution in [0.15, 0.2) is 73.4 Å². The maximum Gasteiger partial charge on any atom is 0.0389 e. The Morgan fingerprint density at radius 3 is 2.33 bits per heavy atom. The minimum atomic E-state index is 0.111. The first-order valence-electron chi connectivity index (χ1n) is 10.8. The van der Waals surface area contributed by atoms with Gasteiger partial charge in [0.15, 0.2) is 0 Å². The minimum Gasteiger partial charge on any atom is -0.356 e. The Balaban J connectivity index is 2.29. The molecule has 158 valence electrons. The van der Waals surface area contributed by atoms with Crippen molar-refractivity contribution in [2.75, 3.05) is 5.32 Å². The van der Waals surface area contributed by atoms with Crippen molar-refractivity contribution < 1.29 is 0 Å². The predicted molar refractivity (Wildman–Crippen MR) is 136 cm³/mol. The van der Waals surface area contributed by atoms with Crippen molar-refractivity contribution in [2.24, 2.45) is 0 Å². The van der Waals surface area contributed by atoms with Gasteiger partial charge in [-0.25, -0.2) is 0 Å². The van der Waals surface area contributed by atoms with Gasteiger partial charge >= 0.3 is 0 Å². The lowest BCUT2D eigenvalue weighted by Gasteiger charge is -2.22. The summed E-state index contributed by atoms with van der Waals surface area (Å²) in [4.78, 5) is 0. The highest BCUT2D eigenvalue weighted by molar-refractivity contribution is 5.82. The topological polar surface area (TPSA) is 12.0 Å². The molecule has 0 fully saturated rings. The maximum absolute atomic E-state index is 4.30. The lowest BCUT2D eigenvalue weighted by Crippen LogP contribution is -2.12. The second-order valence-corrected chi connectivity index (χ2v) is 9.01. The molecule has 0 heterocycles. The summed E-state index contributed by atoms with van der Waals surface area (Å²) in [5.41, 5.74) is 10.5. The summed E-state index contributed by atoms with van der Waals surface area (Å²) in [7, 11) is 0. The molecule has 0 bridgehead atoms. The molecule has 0 aliphatic rings. The number of benzene rings is 2. The van der Waals surface area contributed by atoms with E-state index in [0.717, 1.165) is 28.9 Å². The van der Waals surface area contributed by atoms with Crippen LogP contribution in [0.5, 0.6) is 0 Å². The maximum atomic E-state index is 4.30. The molecule has 2 aromatic rings. The van der Waals surface area contributed by atoms with Crippen LogP contribution in [0.3, 0.4) is 0 Å². The minimum absolute atomic E-state index is 0.111. The van der Waals surface area contributed by atoms with E-state index in [1.54, 1.807) is 0 Å². The quantitative estimate of drug-likeness (QED) is 0.460. The van der Waals surface area contributed by atoms with Crippen LogP contribution >= 0.6 is 0 Å². The third-order valence-corrected chi connectivity index (χ3v) is 5.48. The second-order valence-electron chi connectivity index (χ2n) is 9.01. The van der Waals surface area contributed by atoms with Crippen molar-refractivity contribution in [2.45, 2.75) is 60.3 Å². The molecule has 2 rings (SSSR count). The molecule has 0 unspecified atom stereocenters. The fraction of sp³-hybridized carbons (Fsp3) is 0.310. The van der Waals surface area contributed by atoms with Crippen LogP contribution in [0.1, 0.15) is 69.4 Å². The monoisotopic (exact) mass is 399 g/mol. The number of nitrogens with one attached hydrogen (secondary N) is 1. The van der Waals surface area contributed by atoms with Crippen LogP contribution in [-0.4, -0.2) is 0 Å². The first-order valence-corrected chi connectivity index (χ1v) is 10.8. The molecule has 0 radical (unpaired) electrons. The highest BCUT2D eigenvalue weighted by Gasteiger charge is 2.15. The van der Waals surface area contributed by atoms with E-state index in [4.69, 9.17) is 0 Å². The zero-order valence-corrected chi connectivity index (χ0v) is 19.8. The van der Waals surface area contributed by atoms with Crippen LogP contribution in [0, 0.1) is 6.92 Å². The normalized spacial score (nSPS) is 12.3. The Kier molecular flexibility index (Phi) is 7.67. The van der Waals surface area contributed by atoms with Gasteiger partial charge in [-0.2, -0.15) is 0 Å². The average Bonchev–Trinajstić information content (AvgIpc) is 2.70. The van der Waals surface area contributed by atoms with Crippen LogP contribution < -0.4 is 5.32 Å². The number of aryl methyl sites for hydroxylation is 2. The van der Waals surface area contributed by atoms with E-state index in [1.165, 1.54) is 27.8 Å². The summed E-state index contributed by atoms with van der Waals surface area (Å²) in [5, 5.41) is 3.53. The molecule has 30 heavy (non-hydrogen) atoms. The first kappa shape index (κ1) is 23.5. The number of rotatable bonds is 7. The van der Waals surface area contributed by atoms with Gasteiger partial charge in [0.1, 0.15) is 0 Å². The smallest absolute Gasteiger partial charge is 0.0389 e. The summed E-state index contributed by atoms with van der Waals surface area (Å²) in [6.07, 6.45) is 7.19. The molecule has 1 heteroatoms. The molecule has 0 aromatic heterocycles. The molecule has 0 amide bonds. The summed E-state index contributed by atoms with van der Waals surface area (Å²) in [6.45, 7) is 23.8. The van der Waals surface area contributed by atoms with E-state index < -0.39 is 0 Å². The molecule has 0 atom stereocenters. The highest BCUT2D eigenvalue weighted by Crippen LogP contribution is 2.30. The van der Waals surface area contributed by atoms with Gasteiger partial charge in [0.05, 0.1) is 0 Å². The van der Waals surface area contributed by atoms with Gasteiger partial charge in [-0.15, -0.1) is 0 Å². The Morgan fingerprint density at radius 1 is 1.07 bits per heavy atom. The zero-order valence-electron chi connectivity index (χ0n) is 19.8. The fourth-order valence-electron chi connectivity index (χ4n) is 3.39. The van der Waals surface area contributed by atoms with Crippen molar-refractivity contribution in [1.82, 2.24) is 0 Å². The molecule has 0 aliphatic carbocycles. The lowest BCUT2D eigenvalue weighted by molar-refractivity contribution is 0.589. The average molecular weight is 400 g/mol. The first-order chi connectivity index (χ1) is 14.1. The number of anilines is 1. The van der Waals surface area contributed by atoms with Crippen molar-refractivity contribution in [3.05, 3.63) is 101 Å².